The van der Waals surface area contributed by atoms with E-state index in [1.54, 1.807) is 20.8 Å². The first-order chi connectivity index (χ1) is 10.7. The van der Waals surface area contributed by atoms with Crippen molar-refractivity contribution in [3.05, 3.63) is 29.8 Å². The van der Waals surface area contributed by atoms with E-state index >= 15 is 0 Å². The topological polar surface area (TPSA) is 84.9 Å². The number of hydrogen-bond acceptors (Lipinski definition) is 4. The van der Waals surface area contributed by atoms with Crippen LogP contribution >= 0.6 is 0 Å². The predicted molar refractivity (Wildman–Crippen MR) is 86.7 cm³/mol. The number of hydrogen-bond donors (Lipinski definition) is 2. The van der Waals surface area contributed by atoms with E-state index < -0.39 is 23.7 Å². The van der Waals surface area contributed by atoms with Gasteiger partial charge >= 0.3 is 12.1 Å². The first-order valence-electron chi connectivity index (χ1n) is 7.65. The van der Waals surface area contributed by atoms with Crippen LogP contribution in [0.15, 0.2) is 24.3 Å². The smallest absolute Gasteiger partial charge is 0.408 e. The number of aryl methyl sites for hydroxylation is 1. The van der Waals surface area contributed by atoms with Gasteiger partial charge in [0.15, 0.2) is 0 Å². The number of carbonyl (C=O) groups is 2. The van der Waals surface area contributed by atoms with Gasteiger partial charge in [0.1, 0.15) is 17.4 Å². The van der Waals surface area contributed by atoms with Crippen molar-refractivity contribution < 1.29 is 24.2 Å². The number of rotatable bonds is 7. The number of carbonyl (C=O) groups excluding carboxylic acids is 1. The Labute approximate surface area is 136 Å². The number of benzene rings is 1. The molecule has 0 bridgehead atoms. The molecule has 2 N–H and O–H groups in total. The van der Waals surface area contributed by atoms with E-state index in [1.807, 2.05) is 31.2 Å². The Morgan fingerprint density at radius 2 is 1.83 bits per heavy atom. The highest BCUT2D eigenvalue weighted by molar-refractivity contribution is 5.80. The minimum Gasteiger partial charge on any atom is -0.494 e. The van der Waals surface area contributed by atoms with Gasteiger partial charge in [-0.15, -0.1) is 0 Å². The number of aliphatic carboxylic acids is 1. The summed E-state index contributed by atoms with van der Waals surface area (Å²) in [5.41, 5.74) is 0.313. The second-order valence-corrected chi connectivity index (χ2v) is 6.15. The molecule has 1 rings (SSSR count). The molecule has 1 atom stereocenters. The molecule has 0 radical (unpaired) electrons. The highest BCUT2D eigenvalue weighted by Gasteiger charge is 2.23. The molecule has 0 spiro atoms. The number of carboxylic acid groups (broad SMARTS) is 1. The zero-order valence-corrected chi connectivity index (χ0v) is 14.1. The molecule has 0 aliphatic rings. The third kappa shape index (κ3) is 7.54. The second-order valence-electron chi connectivity index (χ2n) is 6.15. The number of alkyl carbamates (subject to hydrolysis) is 1. The summed E-state index contributed by atoms with van der Waals surface area (Å²) in [6.07, 6.45) is 0.0819. The van der Waals surface area contributed by atoms with Crippen LogP contribution in [0, 0.1) is 0 Å². The van der Waals surface area contributed by atoms with Crippen LogP contribution in [0.1, 0.15) is 39.7 Å². The zero-order chi connectivity index (χ0) is 17.5. The van der Waals surface area contributed by atoms with Crippen molar-refractivity contribution in [1.29, 1.82) is 0 Å². The fourth-order valence-electron chi connectivity index (χ4n) is 1.94. The summed E-state index contributed by atoms with van der Waals surface area (Å²) in [7, 11) is 0. The minimum absolute atomic E-state index is 0.280. The van der Waals surface area contributed by atoms with Crippen molar-refractivity contribution in [2.75, 3.05) is 6.61 Å². The monoisotopic (exact) mass is 323 g/mol. The van der Waals surface area contributed by atoms with Crippen LogP contribution in [0.5, 0.6) is 5.75 Å². The van der Waals surface area contributed by atoms with Gasteiger partial charge in [-0.1, -0.05) is 12.1 Å². The molecule has 0 aromatic heterocycles. The predicted octanol–water partition coefficient (Wildman–Crippen LogP) is 3.00. The lowest BCUT2D eigenvalue weighted by molar-refractivity contribution is -0.139. The maximum atomic E-state index is 11.7. The lowest BCUT2D eigenvalue weighted by Crippen LogP contribution is -2.43. The zero-order valence-electron chi connectivity index (χ0n) is 14.1. The Kier molecular flexibility index (Phi) is 6.88. The first kappa shape index (κ1) is 18.8. The quantitative estimate of drug-likeness (QED) is 0.806. The van der Waals surface area contributed by atoms with Gasteiger partial charge in [-0.2, -0.15) is 0 Å². The van der Waals surface area contributed by atoms with Crippen LogP contribution in [0.2, 0.25) is 0 Å². The van der Waals surface area contributed by atoms with E-state index in [2.05, 4.69) is 5.32 Å². The molecule has 0 heterocycles. The molecule has 0 aliphatic heterocycles. The second kappa shape index (κ2) is 8.41. The van der Waals surface area contributed by atoms with E-state index in [0.29, 0.717) is 13.0 Å². The number of amides is 1. The Bertz CT molecular complexity index is 519. The molecule has 6 nitrogen and oxygen atoms in total. The molecule has 0 fully saturated rings. The van der Waals surface area contributed by atoms with E-state index in [-0.39, 0.29) is 6.42 Å². The third-order valence-corrected chi connectivity index (χ3v) is 2.95. The molecule has 128 valence electrons. The molecule has 0 saturated heterocycles. The normalized spacial score (nSPS) is 12.3. The molecule has 0 saturated carbocycles. The summed E-state index contributed by atoms with van der Waals surface area (Å²) in [4.78, 5) is 23.0. The van der Waals surface area contributed by atoms with Crippen LogP contribution in [-0.4, -0.2) is 35.4 Å². The summed E-state index contributed by atoms with van der Waals surface area (Å²) in [6.45, 7) is 7.68. The van der Waals surface area contributed by atoms with Crippen molar-refractivity contribution in [2.24, 2.45) is 0 Å². The Balaban J connectivity index is 2.56. The van der Waals surface area contributed by atoms with Crippen LogP contribution in [-0.2, 0) is 16.0 Å². The molecule has 1 aromatic rings. The lowest BCUT2D eigenvalue weighted by atomic mass is 10.1. The van der Waals surface area contributed by atoms with E-state index in [0.717, 1.165) is 11.3 Å². The third-order valence-electron chi connectivity index (χ3n) is 2.95. The molecule has 6 heteroatoms. The Morgan fingerprint density at radius 3 is 2.30 bits per heavy atom. The molecular formula is C17H25NO5. The lowest BCUT2D eigenvalue weighted by Gasteiger charge is -2.22. The van der Waals surface area contributed by atoms with Crippen molar-refractivity contribution in [3.8, 4) is 5.75 Å². The van der Waals surface area contributed by atoms with Gasteiger partial charge in [0, 0.05) is 0 Å². The molecule has 1 amide bonds. The maximum Gasteiger partial charge on any atom is 0.408 e. The molecule has 1 aromatic carbocycles. The summed E-state index contributed by atoms with van der Waals surface area (Å²) >= 11 is 0. The summed E-state index contributed by atoms with van der Waals surface area (Å²) in [6, 6.07) is 6.47. The molecular weight excluding hydrogens is 298 g/mol. The fraction of sp³-hybridized carbons (Fsp3) is 0.529. The summed E-state index contributed by atoms with van der Waals surface area (Å²) in [5, 5.41) is 11.6. The highest BCUT2D eigenvalue weighted by Crippen LogP contribution is 2.14. The minimum atomic E-state index is -1.08. The standard InChI is InChI=1S/C17H25NO5/c1-5-22-13-9-6-12(7-10-13)8-11-14(15(19)20)18-16(21)23-17(2,3)4/h6-7,9-10,14H,5,8,11H2,1-4H3,(H,18,21)(H,19,20)/t14-/m1/s1. The average molecular weight is 323 g/mol. The van der Waals surface area contributed by atoms with Crippen molar-refractivity contribution in [1.82, 2.24) is 5.32 Å². The van der Waals surface area contributed by atoms with Gasteiger partial charge in [-0.05, 0) is 58.2 Å². The van der Waals surface area contributed by atoms with Crippen molar-refractivity contribution in [3.63, 3.8) is 0 Å². The van der Waals surface area contributed by atoms with Gasteiger partial charge in [0.2, 0.25) is 0 Å². The van der Waals surface area contributed by atoms with E-state index in [9.17, 15) is 14.7 Å². The molecule has 0 aliphatic carbocycles. The average Bonchev–Trinajstić information content (AvgIpc) is 2.43. The van der Waals surface area contributed by atoms with E-state index in [4.69, 9.17) is 9.47 Å². The van der Waals surface area contributed by atoms with Gasteiger partial charge in [-0.3, -0.25) is 0 Å². The fourth-order valence-corrected chi connectivity index (χ4v) is 1.94. The van der Waals surface area contributed by atoms with Crippen molar-refractivity contribution in [2.45, 2.75) is 52.2 Å². The first-order valence-corrected chi connectivity index (χ1v) is 7.65. The Morgan fingerprint density at radius 1 is 1.22 bits per heavy atom. The van der Waals surface area contributed by atoms with Crippen LogP contribution in [0.4, 0.5) is 4.79 Å². The number of nitrogens with one attached hydrogen (secondary N) is 1. The summed E-state index contributed by atoms with van der Waals surface area (Å²) < 4.78 is 10.4. The summed E-state index contributed by atoms with van der Waals surface area (Å²) in [5.74, 6) is -0.306. The van der Waals surface area contributed by atoms with Crippen LogP contribution in [0.3, 0.4) is 0 Å². The van der Waals surface area contributed by atoms with Gasteiger partial charge in [0.05, 0.1) is 6.61 Å². The highest BCUT2D eigenvalue weighted by atomic mass is 16.6. The largest absolute Gasteiger partial charge is 0.494 e. The van der Waals surface area contributed by atoms with Crippen LogP contribution < -0.4 is 10.1 Å². The molecule has 0 unspecified atom stereocenters. The number of ether oxygens (including phenoxy) is 2. The van der Waals surface area contributed by atoms with Gasteiger partial charge < -0.3 is 19.9 Å². The van der Waals surface area contributed by atoms with Gasteiger partial charge in [-0.25, -0.2) is 9.59 Å². The maximum absolute atomic E-state index is 11.7. The number of carboxylic acids is 1. The van der Waals surface area contributed by atoms with Crippen molar-refractivity contribution >= 4 is 12.1 Å². The van der Waals surface area contributed by atoms with Gasteiger partial charge in [0.25, 0.3) is 0 Å². The SMILES string of the molecule is CCOc1ccc(CC[C@@H](NC(=O)OC(C)(C)C)C(=O)O)cc1. The van der Waals surface area contributed by atoms with E-state index in [1.165, 1.54) is 0 Å². The Hall–Kier alpha value is -2.24. The molecule has 23 heavy (non-hydrogen) atoms. The van der Waals surface area contributed by atoms with Crippen LogP contribution in [0.25, 0.3) is 0 Å².